The van der Waals surface area contributed by atoms with Gasteiger partial charge >= 0.3 is 0 Å². The van der Waals surface area contributed by atoms with Crippen molar-refractivity contribution in [2.45, 2.75) is 103 Å². The topological polar surface area (TPSA) is 0 Å². The molecule has 0 heterocycles. The van der Waals surface area contributed by atoms with Crippen LogP contribution in [0.5, 0.6) is 0 Å². The first-order chi connectivity index (χ1) is 14.7. The predicted molar refractivity (Wildman–Crippen MR) is 128 cm³/mol. The highest BCUT2D eigenvalue weighted by Gasteiger charge is 2.22. The Morgan fingerprint density at radius 1 is 0.733 bits per heavy atom. The summed E-state index contributed by atoms with van der Waals surface area (Å²) in [5.41, 5.74) is 4.82. The molecule has 0 saturated heterocycles. The van der Waals surface area contributed by atoms with Gasteiger partial charge < -0.3 is 0 Å². The van der Waals surface area contributed by atoms with E-state index in [-0.39, 0.29) is 5.82 Å². The van der Waals surface area contributed by atoms with E-state index >= 15 is 0 Å². The quantitative estimate of drug-likeness (QED) is 0.326. The van der Waals surface area contributed by atoms with Gasteiger partial charge in [-0.1, -0.05) is 82.3 Å². The van der Waals surface area contributed by atoms with Crippen molar-refractivity contribution in [3.63, 3.8) is 0 Å². The van der Waals surface area contributed by atoms with Gasteiger partial charge in [-0.05, 0) is 91.5 Å². The van der Waals surface area contributed by atoms with Gasteiger partial charge in [-0.25, -0.2) is 4.39 Å². The maximum absolute atomic E-state index is 14.8. The summed E-state index contributed by atoms with van der Waals surface area (Å²) in [5.74, 6) is 1.46. The van der Waals surface area contributed by atoms with Gasteiger partial charge in [0.2, 0.25) is 0 Å². The van der Waals surface area contributed by atoms with Crippen LogP contribution >= 0.6 is 0 Å². The van der Waals surface area contributed by atoms with Gasteiger partial charge in [-0.2, -0.15) is 0 Å². The first-order valence-corrected chi connectivity index (χ1v) is 12.6. The third-order valence-electron chi connectivity index (χ3n) is 7.14. The Labute approximate surface area is 184 Å². The number of aryl methyl sites for hydroxylation is 3. The monoisotopic (exact) mass is 408 g/mol. The minimum Gasteiger partial charge on any atom is -0.207 e. The first-order valence-electron chi connectivity index (χ1n) is 12.6. The van der Waals surface area contributed by atoms with Crippen LogP contribution in [0.3, 0.4) is 0 Å². The van der Waals surface area contributed by atoms with E-state index in [1.807, 2.05) is 12.1 Å². The Morgan fingerprint density at radius 3 is 2.03 bits per heavy atom. The molecular weight excluding hydrogens is 367 g/mol. The van der Waals surface area contributed by atoms with Crippen molar-refractivity contribution in [3.05, 3.63) is 70.5 Å². The molecule has 1 saturated carbocycles. The van der Waals surface area contributed by atoms with Crippen molar-refractivity contribution >= 4 is 0 Å². The second-order valence-corrected chi connectivity index (χ2v) is 9.48. The van der Waals surface area contributed by atoms with E-state index in [4.69, 9.17) is 0 Å². The number of benzene rings is 2. The highest BCUT2D eigenvalue weighted by Crippen LogP contribution is 2.38. The van der Waals surface area contributed by atoms with Crippen molar-refractivity contribution in [2.75, 3.05) is 0 Å². The average Bonchev–Trinajstić information content (AvgIpc) is 2.78. The van der Waals surface area contributed by atoms with Crippen LogP contribution in [-0.4, -0.2) is 0 Å². The van der Waals surface area contributed by atoms with Gasteiger partial charge in [0.05, 0.1) is 0 Å². The zero-order valence-electron chi connectivity index (χ0n) is 19.3. The lowest BCUT2D eigenvalue weighted by Crippen LogP contribution is -2.13. The fourth-order valence-corrected chi connectivity index (χ4v) is 5.03. The molecule has 1 aliphatic carbocycles. The molecule has 0 radical (unpaired) electrons. The van der Waals surface area contributed by atoms with Gasteiger partial charge in [-0.3, -0.25) is 0 Å². The van der Waals surface area contributed by atoms with Crippen LogP contribution in [0.2, 0.25) is 0 Å². The summed E-state index contributed by atoms with van der Waals surface area (Å²) >= 11 is 0. The fourth-order valence-electron chi connectivity index (χ4n) is 5.03. The predicted octanol–water partition coefficient (Wildman–Crippen LogP) is 8.81. The van der Waals surface area contributed by atoms with Gasteiger partial charge in [-0.15, -0.1) is 0 Å². The Hall–Kier alpha value is -1.63. The highest BCUT2D eigenvalue weighted by molar-refractivity contribution is 5.29. The van der Waals surface area contributed by atoms with Crippen LogP contribution in [0.15, 0.2) is 42.5 Å². The minimum atomic E-state index is -0.00297. The molecule has 1 heteroatoms. The van der Waals surface area contributed by atoms with E-state index < -0.39 is 0 Å². The summed E-state index contributed by atoms with van der Waals surface area (Å²) in [6.45, 7) is 4.52. The van der Waals surface area contributed by atoms with E-state index in [1.165, 1.54) is 87.3 Å². The molecule has 0 unspecified atom stereocenters. The summed E-state index contributed by atoms with van der Waals surface area (Å²) in [6.07, 6.45) is 15.9. The molecule has 0 bridgehead atoms. The SMILES string of the molecule is CCCCCc1ccc(CCc2ccc(C3CCC(CCCC)CC3)cc2F)cc1. The number of hydrogen-bond acceptors (Lipinski definition) is 0. The average molecular weight is 409 g/mol. The minimum absolute atomic E-state index is 0.00297. The Kier molecular flexibility index (Phi) is 9.43. The molecule has 2 aromatic rings. The van der Waals surface area contributed by atoms with Gasteiger partial charge in [0.25, 0.3) is 0 Å². The van der Waals surface area contributed by atoms with Crippen LogP contribution in [0.1, 0.15) is 106 Å². The lowest BCUT2D eigenvalue weighted by molar-refractivity contribution is 0.304. The zero-order valence-corrected chi connectivity index (χ0v) is 19.3. The lowest BCUT2D eigenvalue weighted by Gasteiger charge is -2.29. The summed E-state index contributed by atoms with van der Waals surface area (Å²) < 4.78 is 14.8. The van der Waals surface area contributed by atoms with Crippen LogP contribution in [0, 0.1) is 11.7 Å². The van der Waals surface area contributed by atoms with Crippen molar-refractivity contribution in [2.24, 2.45) is 5.92 Å². The van der Waals surface area contributed by atoms with Crippen molar-refractivity contribution < 1.29 is 4.39 Å². The summed E-state index contributed by atoms with van der Waals surface area (Å²) in [6, 6.07) is 15.0. The van der Waals surface area contributed by atoms with Crippen molar-refractivity contribution in [1.82, 2.24) is 0 Å². The molecule has 0 aromatic heterocycles. The molecule has 0 N–H and O–H groups in total. The van der Waals surface area contributed by atoms with Gasteiger partial charge in [0, 0.05) is 0 Å². The van der Waals surface area contributed by atoms with E-state index in [2.05, 4.69) is 44.2 Å². The highest BCUT2D eigenvalue weighted by atomic mass is 19.1. The number of halogens is 1. The molecule has 0 amide bonds. The van der Waals surface area contributed by atoms with Crippen LogP contribution in [-0.2, 0) is 19.3 Å². The molecule has 164 valence electrons. The Balaban J connectivity index is 1.48. The number of rotatable bonds is 11. The number of hydrogen-bond donors (Lipinski definition) is 0. The maximum Gasteiger partial charge on any atom is 0.126 e. The van der Waals surface area contributed by atoms with E-state index in [1.54, 1.807) is 0 Å². The van der Waals surface area contributed by atoms with Gasteiger partial charge in [0.15, 0.2) is 0 Å². The third-order valence-corrected chi connectivity index (χ3v) is 7.14. The van der Waals surface area contributed by atoms with Crippen LogP contribution in [0.4, 0.5) is 4.39 Å². The molecule has 0 nitrogen and oxygen atoms in total. The fraction of sp³-hybridized carbons (Fsp3) is 0.586. The summed E-state index contributed by atoms with van der Waals surface area (Å²) in [4.78, 5) is 0. The number of unbranched alkanes of at least 4 members (excludes halogenated alkanes) is 3. The third kappa shape index (κ3) is 6.96. The molecule has 30 heavy (non-hydrogen) atoms. The van der Waals surface area contributed by atoms with Crippen LogP contribution in [0.25, 0.3) is 0 Å². The van der Waals surface area contributed by atoms with Crippen LogP contribution < -0.4 is 0 Å². The maximum atomic E-state index is 14.8. The largest absolute Gasteiger partial charge is 0.207 e. The Morgan fingerprint density at radius 2 is 1.40 bits per heavy atom. The molecule has 0 atom stereocenters. The second kappa shape index (κ2) is 12.3. The van der Waals surface area contributed by atoms with Gasteiger partial charge in [0.1, 0.15) is 5.82 Å². The second-order valence-electron chi connectivity index (χ2n) is 9.48. The normalized spacial score (nSPS) is 19.2. The van der Waals surface area contributed by atoms with E-state index in [0.29, 0.717) is 5.92 Å². The van der Waals surface area contributed by atoms with Crippen molar-refractivity contribution in [1.29, 1.82) is 0 Å². The molecule has 1 fully saturated rings. The zero-order chi connectivity index (χ0) is 21.2. The summed E-state index contributed by atoms with van der Waals surface area (Å²) in [5, 5.41) is 0. The molecular formula is C29H41F. The molecule has 2 aromatic carbocycles. The molecule has 0 aliphatic heterocycles. The molecule has 1 aliphatic rings. The Bertz CT molecular complexity index is 737. The van der Waals surface area contributed by atoms with E-state index in [0.717, 1.165) is 24.3 Å². The smallest absolute Gasteiger partial charge is 0.126 e. The molecule has 3 rings (SSSR count). The van der Waals surface area contributed by atoms with Crippen molar-refractivity contribution in [3.8, 4) is 0 Å². The molecule has 0 spiro atoms. The first kappa shape index (κ1) is 23.0. The summed E-state index contributed by atoms with van der Waals surface area (Å²) in [7, 11) is 0. The van der Waals surface area contributed by atoms with E-state index in [9.17, 15) is 4.39 Å². The standard InChI is InChI=1S/C29H41F/c1-3-5-7-9-24-10-12-25(13-11-24)16-19-27-20-21-28(22-29(27)30)26-17-14-23(15-18-26)8-6-4-2/h10-13,20-23,26H,3-9,14-19H2,1-2H3. The lowest BCUT2D eigenvalue weighted by atomic mass is 9.77.